The van der Waals surface area contributed by atoms with Crippen LogP contribution in [-0.2, 0) is 16.1 Å². The second-order valence-corrected chi connectivity index (χ2v) is 10.4. The number of allylic oxidation sites excluding steroid dienone is 1. The Morgan fingerprint density at radius 2 is 1.92 bits per heavy atom. The Labute approximate surface area is 240 Å². The number of thiophene rings is 1. The van der Waals surface area contributed by atoms with Gasteiger partial charge in [-0.1, -0.05) is 71.9 Å². The molecule has 1 unspecified atom stereocenters. The van der Waals surface area contributed by atoms with Crippen LogP contribution in [0.25, 0.3) is 11.1 Å². The zero-order valence-electron chi connectivity index (χ0n) is 21.4. The Balaban J connectivity index is 1.48. The third-order valence-electron chi connectivity index (χ3n) is 5.50. The minimum absolute atomic E-state index is 0.0515. The Hall–Kier alpha value is -3.60. The molecule has 0 saturated carbocycles. The summed E-state index contributed by atoms with van der Waals surface area (Å²) in [6.45, 7) is 8.08. The van der Waals surface area contributed by atoms with Crippen molar-refractivity contribution in [2.45, 2.75) is 31.7 Å². The number of para-hydroxylation sites is 1. The number of ether oxygens (including phenoxy) is 2. The average molecular weight is 583 g/mol. The molecule has 0 radical (unpaired) electrons. The first-order valence-corrected chi connectivity index (χ1v) is 14.4. The van der Waals surface area contributed by atoms with E-state index in [1.165, 1.54) is 23.1 Å². The number of carbonyl (C=O) groups excluding carboxylic acids is 2. The average Bonchev–Trinajstić information content (AvgIpc) is 3.54. The predicted molar refractivity (Wildman–Crippen MR) is 156 cm³/mol. The number of esters is 1. The minimum atomic E-state index is -0.483. The van der Waals surface area contributed by atoms with E-state index in [1.807, 2.05) is 59.3 Å². The summed E-state index contributed by atoms with van der Waals surface area (Å²) in [5.74, 6) is 0.394. The number of anilines is 1. The van der Waals surface area contributed by atoms with Gasteiger partial charge in [-0.15, -0.1) is 28.1 Å². The van der Waals surface area contributed by atoms with Gasteiger partial charge in [-0.3, -0.25) is 9.36 Å². The third kappa shape index (κ3) is 6.89. The zero-order chi connectivity index (χ0) is 27.8. The summed E-state index contributed by atoms with van der Waals surface area (Å²) in [6, 6.07) is 16.7. The smallest absolute Gasteiger partial charge is 0.341 e. The summed E-state index contributed by atoms with van der Waals surface area (Å²) in [4.78, 5) is 25.8. The van der Waals surface area contributed by atoms with E-state index in [9.17, 15) is 9.59 Å². The number of carbonyl (C=O) groups is 2. The largest absolute Gasteiger partial charge is 0.481 e. The van der Waals surface area contributed by atoms with E-state index in [1.54, 1.807) is 25.1 Å². The van der Waals surface area contributed by atoms with E-state index < -0.39 is 12.1 Å². The highest BCUT2D eigenvalue weighted by atomic mass is 35.5. The van der Waals surface area contributed by atoms with E-state index in [4.69, 9.17) is 21.1 Å². The van der Waals surface area contributed by atoms with Crippen LogP contribution in [0.15, 0.2) is 77.8 Å². The van der Waals surface area contributed by atoms with Crippen LogP contribution < -0.4 is 10.1 Å². The molecular formula is C28H27ClN4O4S2. The molecule has 1 N–H and O–H groups in total. The molecule has 8 nitrogen and oxygen atoms in total. The molecule has 0 bridgehead atoms. The first kappa shape index (κ1) is 28.4. The van der Waals surface area contributed by atoms with Crippen LogP contribution >= 0.6 is 34.7 Å². The van der Waals surface area contributed by atoms with E-state index in [-0.39, 0.29) is 18.3 Å². The highest BCUT2D eigenvalue weighted by molar-refractivity contribution is 7.99. The summed E-state index contributed by atoms with van der Waals surface area (Å²) in [6.07, 6.45) is 1.27. The van der Waals surface area contributed by atoms with Gasteiger partial charge < -0.3 is 14.8 Å². The van der Waals surface area contributed by atoms with Crippen LogP contribution in [0.5, 0.6) is 5.75 Å². The van der Waals surface area contributed by atoms with E-state index >= 15 is 0 Å². The van der Waals surface area contributed by atoms with E-state index in [0.717, 1.165) is 5.56 Å². The number of nitrogens with one attached hydrogen (secondary N) is 1. The number of aromatic nitrogens is 3. The molecule has 0 aliphatic heterocycles. The maximum atomic E-state index is 13.0. The summed E-state index contributed by atoms with van der Waals surface area (Å²) in [7, 11) is 0. The molecular weight excluding hydrogens is 556 g/mol. The Morgan fingerprint density at radius 1 is 1.18 bits per heavy atom. The van der Waals surface area contributed by atoms with Crippen LogP contribution in [0.2, 0.25) is 5.02 Å². The topological polar surface area (TPSA) is 95.3 Å². The van der Waals surface area contributed by atoms with Gasteiger partial charge in [-0.05, 0) is 31.5 Å². The normalized spacial score (nSPS) is 11.6. The van der Waals surface area contributed by atoms with Crippen molar-refractivity contribution >= 4 is 51.6 Å². The van der Waals surface area contributed by atoms with Crippen LogP contribution in [0.3, 0.4) is 0 Å². The lowest BCUT2D eigenvalue weighted by atomic mass is 10.0. The van der Waals surface area contributed by atoms with Gasteiger partial charge in [-0.2, -0.15) is 0 Å². The Morgan fingerprint density at radius 3 is 2.64 bits per heavy atom. The standard InChI is InChI=1S/C28H27ClN4O4S2/c1-4-15-33-25(18(3)37-22-14-10-9-13-21(22)29)31-32-28(33)39-17-23(34)30-26-24(27(35)36-5-2)20(16-38-26)19-11-7-6-8-12-19/h4,6-14,16,18H,1,5,15,17H2,2-3H3,(H,30,34). The lowest BCUT2D eigenvalue weighted by Gasteiger charge is -2.16. The summed E-state index contributed by atoms with van der Waals surface area (Å²) in [5.41, 5.74) is 1.92. The first-order valence-electron chi connectivity index (χ1n) is 12.1. The van der Waals surface area contributed by atoms with Crippen molar-refractivity contribution in [1.29, 1.82) is 0 Å². The molecule has 11 heteroatoms. The maximum absolute atomic E-state index is 13.0. The molecule has 2 heterocycles. The van der Waals surface area contributed by atoms with Gasteiger partial charge in [0, 0.05) is 17.5 Å². The number of thioether (sulfide) groups is 1. The molecule has 2 aromatic carbocycles. The Kier molecular flexibility index (Phi) is 9.80. The van der Waals surface area contributed by atoms with E-state index in [0.29, 0.717) is 44.4 Å². The van der Waals surface area contributed by atoms with Gasteiger partial charge in [0.2, 0.25) is 5.91 Å². The van der Waals surface area contributed by atoms with Gasteiger partial charge in [0.15, 0.2) is 17.1 Å². The number of benzene rings is 2. The van der Waals surface area contributed by atoms with Crippen LogP contribution in [0.4, 0.5) is 5.00 Å². The van der Waals surface area contributed by atoms with Crippen LogP contribution in [0.1, 0.15) is 36.1 Å². The molecule has 202 valence electrons. The van der Waals surface area contributed by atoms with Crippen molar-refractivity contribution < 1.29 is 19.1 Å². The molecule has 39 heavy (non-hydrogen) atoms. The van der Waals surface area contributed by atoms with Crippen molar-refractivity contribution in [3.8, 4) is 16.9 Å². The molecule has 4 rings (SSSR count). The molecule has 0 aliphatic rings. The molecule has 2 aromatic heterocycles. The fourth-order valence-corrected chi connectivity index (χ4v) is 5.68. The first-order chi connectivity index (χ1) is 18.9. The highest BCUT2D eigenvalue weighted by Gasteiger charge is 2.24. The van der Waals surface area contributed by atoms with Gasteiger partial charge in [0.25, 0.3) is 0 Å². The van der Waals surface area contributed by atoms with Crippen molar-refractivity contribution in [1.82, 2.24) is 14.8 Å². The van der Waals surface area contributed by atoms with Crippen molar-refractivity contribution in [3.63, 3.8) is 0 Å². The lowest BCUT2D eigenvalue weighted by molar-refractivity contribution is -0.113. The third-order valence-corrected chi connectivity index (χ3v) is 7.68. The molecule has 0 fully saturated rings. The fraction of sp³-hybridized carbons (Fsp3) is 0.214. The molecule has 0 aliphatic carbocycles. The summed E-state index contributed by atoms with van der Waals surface area (Å²) >= 11 is 8.74. The fourth-order valence-electron chi connectivity index (χ4n) is 3.77. The van der Waals surface area contributed by atoms with Gasteiger partial charge in [-0.25, -0.2) is 4.79 Å². The molecule has 1 atom stereocenters. The second-order valence-electron chi connectivity index (χ2n) is 8.21. The van der Waals surface area contributed by atoms with Gasteiger partial charge >= 0.3 is 5.97 Å². The number of rotatable bonds is 12. The number of amides is 1. The number of hydrogen-bond donors (Lipinski definition) is 1. The minimum Gasteiger partial charge on any atom is -0.481 e. The summed E-state index contributed by atoms with van der Waals surface area (Å²) in [5, 5.41) is 14.8. The maximum Gasteiger partial charge on any atom is 0.341 e. The second kappa shape index (κ2) is 13.5. The molecule has 0 saturated heterocycles. The molecule has 4 aromatic rings. The summed E-state index contributed by atoms with van der Waals surface area (Å²) < 4.78 is 13.1. The van der Waals surface area contributed by atoms with Crippen molar-refractivity contribution in [2.75, 3.05) is 17.7 Å². The number of hydrogen-bond acceptors (Lipinski definition) is 8. The Bertz CT molecular complexity index is 1460. The lowest BCUT2D eigenvalue weighted by Crippen LogP contribution is -2.17. The number of halogens is 1. The predicted octanol–water partition coefficient (Wildman–Crippen LogP) is 6.89. The van der Waals surface area contributed by atoms with Crippen LogP contribution in [-0.4, -0.2) is 39.0 Å². The van der Waals surface area contributed by atoms with Crippen LogP contribution in [0, 0.1) is 0 Å². The van der Waals surface area contributed by atoms with E-state index in [2.05, 4.69) is 22.1 Å². The zero-order valence-corrected chi connectivity index (χ0v) is 23.8. The molecule has 1 amide bonds. The number of nitrogens with zero attached hydrogens (tertiary/aromatic N) is 3. The van der Waals surface area contributed by atoms with Gasteiger partial charge in [0.1, 0.15) is 16.3 Å². The monoisotopic (exact) mass is 582 g/mol. The SMILES string of the molecule is C=CCn1c(SCC(=O)Nc2scc(-c3ccccc3)c2C(=O)OCC)nnc1C(C)Oc1ccccc1Cl. The molecule has 0 spiro atoms. The highest BCUT2D eigenvalue weighted by Crippen LogP contribution is 2.36. The van der Waals surface area contributed by atoms with Crippen molar-refractivity contribution in [3.05, 3.63) is 89.0 Å². The van der Waals surface area contributed by atoms with Gasteiger partial charge in [0.05, 0.1) is 17.4 Å². The quantitative estimate of drug-likeness (QED) is 0.110. The van der Waals surface area contributed by atoms with Crippen molar-refractivity contribution in [2.24, 2.45) is 0 Å².